The lowest BCUT2D eigenvalue weighted by molar-refractivity contribution is 0.187. The molecule has 1 aromatic carbocycles. The van der Waals surface area contributed by atoms with Crippen LogP contribution in [0.5, 0.6) is 0 Å². The van der Waals surface area contributed by atoms with Gasteiger partial charge < -0.3 is 10.0 Å². The van der Waals surface area contributed by atoms with Crippen LogP contribution >= 0.6 is 0 Å². The highest BCUT2D eigenvalue weighted by molar-refractivity contribution is 7.88. The van der Waals surface area contributed by atoms with Crippen LogP contribution in [0.4, 0.5) is 0 Å². The Morgan fingerprint density at radius 1 is 1.29 bits per heavy atom. The van der Waals surface area contributed by atoms with E-state index in [0.717, 1.165) is 37.1 Å². The predicted molar refractivity (Wildman–Crippen MR) is 83.3 cm³/mol. The number of rotatable bonds is 5. The first-order valence-corrected chi connectivity index (χ1v) is 8.86. The van der Waals surface area contributed by atoms with Gasteiger partial charge in [0.05, 0.1) is 12.4 Å². The zero-order chi connectivity index (χ0) is 15.5. The number of hydrogen-bond donors (Lipinski definition) is 1. The second kappa shape index (κ2) is 6.87. The molecular weight excluding hydrogens is 288 g/mol. The highest BCUT2D eigenvalue weighted by Gasteiger charge is 2.29. The predicted octanol–water partition coefficient (Wildman–Crippen LogP) is 1.03. The first-order valence-electron chi connectivity index (χ1n) is 7.25. The SMILES string of the molecule is CN1CCCC(N(C)S(=O)(=O)Cc2ccc(CO)cc2)C1. The Balaban J connectivity index is 2.05. The van der Waals surface area contributed by atoms with Crippen LogP contribution in [0.2, 0.25) is 0 Å². The van der Waals surface area contributed by atoms with Gasteiger partial charge in [0.25, 0.3) is 0 Å². The van der Waals surface area contributed by atoms with Crippen LogP contribution in [-0.2, 0) is 22.4 Å². The summed E-state index contributed by atoms with van der Waals surface area (Å²) < 4.78 is 26.6. The van der Waals surface area contributed by atoms with E-state index in [1.54, 1.807) is 31.3 Å². The van der Waals surface area contributed by atoms with Gasteiger partial charge in [0.2, 0.25) is 10.0 Å². The molecule has 1 aliphatic heterocycles. The average Bonchev–Trinajstić information content (AvgIpc) is 2.47. The van der Waals surface area contributed by atoms with Gasteiger partial charge in [-0.05, 0) is 37.6 Å². The monoisotopic (exact) mass is 312 g/mol. The lowest BCUT2D eigenvalue weighted by Gasteiger charge is -2.35. The largest absolute Gasteiger partial charge is 0.392 e. The van der Waals surface area contributed by atoms with Crippen molar-refractivity contribution >= 4 is 10.0 Å². The fraction of sp³-hybridized carbons (Fsp3) is 0.600. The normalized spacial score (nSPS) is 20.9. The third-order valence-electron chi connectivity index (χ3n) is 4.11. The Hall–Kier alpha value is -0.950. The summed E-state index contributed by atoms with van der Waals surface area (Å²) in [7, 11) is 0.398. The van der Waals surface area contributed by atoms with Crippen molar-refractivity contribution in [2.75, 3.05) is 27.2 Å². The zero-order valence-corrected chi connectivity index (χ0v) is 13.5. The summed E-state index contributed by atoms with van der Waals surface area (Å²) in [6.45, 7) is 1.80. The molecule has 21 heavy (non-hydrogen) atoms. The second-order valence-corrected chi connectivity index (χ2v) is 7.83. The molecule has 118 valence electrons. The average molecular weight is 312 g/mol. The molecule has 0 bridgehead atoms. The summed E-state index contributed by atoms with van der Waals surface area (Å²) in [6.07, 6.45) is 1.95. The van der Waals surface area contributed by atoms with E-state index in [2.05, 4.69) is 4.90 Å². The molecule has 0 spiro atoms. The summed E-state index contributed by atoms with van der Waals surface area (Å²) in [6, 6.07) is 7.12. The lowest BCUT2D eigenvalue weighted by atomic mass is 10.1. The van der Waals surface area contributed by atoms with Crippen molar-refractivity contribution in [3.63, 3.8) is 0 Å². The van der Waals surface area contributed by atoms with Gasteiger partial charge in [0, 0.05) is 19.6 Å². The van der Waals surface area contributed by atoms with Crippen LogP contribution in [0.15, 0.2) is 24.3 Å². The Morgan fingerprint density at radius 2 is 1.90 bits per heavy atom. The number of benzene rings is 1. The van der Waals surface area contributed by atoms with Gasteiger partial charge in [0.15, 0.2) is 0 Å². The van der Waals surface area contributed by atoms with Crippen molar-refractivity contribution in [2.24, 2.45) is 0 Å². The van der Waals surface area contributed by atoms with Crippen molar-refractivity contribution in [3.05, 3.63) is 35.4 Å². The van der Waals surface area contributed by atoms with E-state index < -0.39 is 10.0 Å². The quantitative estimate of drug-likeness (QED) is 0.882. The fourth-order valence-electron chi connectivity index (χ4n) is 2.72. The van der Waals surface area contributed by atoms with E-state index in [-0.39, 0.29) is 18.4 Å². The molecule has 1 atom stereocenters. The van der Waals surface area contributed by atoms with E-state index >= 15 is 0 Å². The van der Waals surface area contributed by atoms with E-state index in [4.69, 9.17) is 5.11 Å². The molecule has 1 N–H and O–H groups in total. The van der Waals surface area contributed by atoms with Crippen molar-refractivity contribution < 1.29 is 13.5 Å². The van der Waals surface area contributed by atoms with Gasteiger partial charge in [-0.25, -0.2) is 12.7 Å². The second-order valence-electron chi connectivity index (χ2n) is 5.81. The van der Waals surface area contributed by atoms with E-state index in [1.165, 1.54) is 4.31 Å². The molecule has 0 saturated carbocycles. The maximum Gasteiger partial charge on any atom is 0.218 e. The Bertz CT molecular complexity index is 557. The number of nitrogens with zero attached hydrogens (tertiary/aromatic N) is 2. The number of aliphatic hydroxyl groups is 1. The first-order chi connectivity index (χ1) is 9.92. The molecule has 0 aliphatic carbocycles. The number of piperidine rings is 1. The van der Waals surface area contributed by atoms with E-state index in [9.17, 15) is 8.42 Å². The summed E-state index contributed by atoms with van der Waals surface area (Å²) in [5, 5.41) is 9.01. The fourth-order valence-corrected chi connectivity index (χ4v) is 4.16. The van der Waals surface area contributed by atoms with Crippen LogP contribution in [0, 0.1) is 0 Å². The molecule has 1 heterocycles. The van der Waals surface area contributed by atoms with Crippen molar-refractivity contribution in [3.8, 4) is 0 Å². The number of sulfonamides is 1. The minimum absolute atomic E-state index is 0.00935. The molecule has 1 aliphatic rings. The van der Waals surface area contributed by atoms with E-state index in [1.807, 2.05) is 7.05 Å². The number of likely N-dealkylation sites (N-methyl/N-ethyl adjacent to an activating group) is 2. The molecular formula is C15H24N2O3S. The lowest BCUT2D eigenvalue weighted by Crippen LogP contribution is -2.47. The number of hydrogen-bond acceptors (Lipinski definition) is 4. The van der Waals surface area contributed by atoms with Gasteiger partial charge in [-0.3, -0.25) is 0 Å². The molecule has 6 heteroatoms. The van der Waals surface area contributed by atoms with Crippen LogP contribution in [0.3, 0.4) is 0 Å². The number of aliphatic hydroxyl groups excluding tert-OH is 1. The maximum atomic E-state index is 12.5. The first kappa shape index (κ1) is 16.4. The molecule has 0 amide bonds. The Labute approximate surface area is 127 Å². The minimum atomic E-state index is -3.31. The number of likely N-dealkylation sites (tertiary alicyclic amines) is 1. The van der Waals surface area contributed by atoms with Crippen molar-refractivity contribution in [2.45, 2.75) is 31.2 Å². The Morgan fingerprint density at radius 3 is 2.48 bits per heavy atom. The van der Waals surface area contributed by atoms with Gasteiger partial charge in [0.1, 0.15) is 0 Å². The van der Waals surface area contributed by atoms with Crippen LogP contribution in [-0.4, -0.2) is 56.0 Å². The standard InChI is InChI=1S/C15H24N2O3S/c1-16-9-3-4-15(10-16)17(2)21(19,20)12-14-7-5-13(11-18)6-8-14/h5-8,15,18H,3-4,9-12H2,1-2H3. The molecule has 0 radical (unpaired) electrons. The summed E-state index contributed by atoms with van der Waals surface area (Å²) in [5.74, 6) is 0.00935. The summed E-state index contributed by atoms with van der Waals surface area (Å²) >= 11 is 0. The molecule has 1 saturated heterocycles. The molecule has 1 unspecified atom stereocenters. The van der Waals surface area contributed by atoms with Crippen LogP contribution in [0.25, 0.3) is 0 Å². The van der Waals surface area contributed by atoms with Gasteiger partial charge >= 0.3 is 0 Å². The molecule has 5 nitrogen and oxygen atoms in total. The minimum Gasteiger partial charge on any atom is -0.392 e. The van der Waals surface area contributed by atoms with Gasteiger partial charge in [-0.2, -0.15) is 0 Å². The molecule has 1 fully saturated rings. The van der Waals surface area contributed by atoms with Crippen molar-refractivity contribution in [1.82, 2.24) is 9.21 Å². The van der Waals surface area contributed by atoms with E-state index in [0.29, 0.717) is 0 Å². The smallest absolute Gasteiger partial charge is 0.218 e. The van der Waals surface area contributed by atoms with Gasteiger partial charge in [-0.15, -0.1) is 0 Å². The zero-order valence-electron chi connectivity index (χ0n) is 12.7. The summed E-state index contributed by atoms with van der Waals surface area (Å²) in [5.41, 5.74) is 1.54. The van der Waals surface area contributed by atoms with Crippen LogP contribution in [0.1, 0.15) is 24.0 Å². The third-order valence-corrected chi connectivity index (χ3v) is 5.98. The van der Waals surface area contributed by atoms with Crippen LogP contribution < -0.4 is 0 Å². The highest BCUT2D eigenvalue weighted by atomic mass is 32.2. The third kappa shape index (κ3) is 4.26. The van der Waals surface area contributed by atoms with Crippen molar-refractivity contribution in [1.29, 1.82) is 0 Å². The summed E-state index contributed by atoms with van der Waals surface area (Å²) in [4.78, 5) is 2.18. The Kier molecular flexibility index (Phi) is 5.37. The molecule has 1 aromatic rings. The maximum absolute atomic E-state index is 12.5. The molecule has 0 aromatic heterocycles. The highest BCUT2D eigenvalue weighted by Crippen LogP contribution is 2.19. The molecule has 2 rings (SSSR count). The van der Waals surface area contributed by atoms with Gasteiger partial charge in [-0.1, -0.05) is 24.3 Å². The topological polar surface area (TPSA) is 60.9 Å².